The quantitative estimate of drug-likeness (QED) is 0.946. The molecule has 0 aliphatic carbocycles. The Bertz CT molecular complexity index is 755. The van der Waals surface area contributed by atoms with Crippen molar-refractivity contribution in [3.05, 3.63) is 70.8 Å². The maximum Gasteiger partial charge on any atom is 0.247 e. The van der Waals surface area contributed by atoms with E-state index in [-0.39, 0.29) is 11.8 Å². The second-order valence-electron chi connectivity index (χ2n) is 5.93. The molecule has 4 heteroatoms. The molecule has 1 N–H and O–H groups in total. The van der Waals surface area contributed by atoms with E-state index in [0.717, 1.165) is 22.3 Å². The minimum Gasteiger partial charge on any atom is -0.350 e. The molecule has 3 rings (SSSR count). The van der Waals surface area contributed by atoms with Crippen LogP contribution < -0.4 is 5.32 Å². The van der Waals surface area contributed by atoms with Gasteiger partial charge in [0.2, 0.25) is 11.8 Å². The van der Waals surface area contributed by atoms with Crippen LogP contribution in [0.4, 0.5) is 0 Å². The largest absolute Gasteiger partial charge is 0.350 e. The fraction of sp³-hybridized carbons (Fsp3) is 0.263. The van der Waals surface area contributed by atoms with Gasteiger partial charge in [-0.3, -0.25) is 9.59 Å². The Balaban J connectivity index is 1.81. The Labute approximate surface area is 136 Å². The molecule has 0 spiro atoms. The molecule has 23 heavy (non-hydrogen) atoms. The molecule has 2 amide bonds. The van der Waals surface area contributed by atoms with Crippen molar-refractivity contribution >= 4 is 11.8 Å². The molecule has 2 aromatic carbocycles. The molecule has 0 bridgehead atoms. The summed E-state index contributed by atoms with van der Waals surface area (Å²) in [6, 6.07) is 15.1. The molecule has 4 nitrogen and oxygen atoms in total. The number of aryl methyl sites for hydroxylation is 1. The number of nitrogens with zero attached hydrogens (tertiary/aromatic N) is 1. The van der Waals surface area contributed by atoms with Crippen molar-refractivity contribution in [1.29, 1.82) is 0 Å². The fourth-order valence-electron chi connectivity index (χ4n) is 3.01. The standard InChI is InChI=1S/C19H20N2O2/c1-13-7-3-4-9-15(13)12-20-19(23)18-16-10-6-5-8-14(16)11-17(22)21(18)2/h3-10,18H,11-12H2,1-2H3,(H,20,23)/t18-/m0/s1. The summed E-state index contributed by atoms with van der Waals surface area (Å²) in [6.45, 7) is 2.49. The van der Waals surface area contributed by atoms with Gasteiger partial charge in [0.25, 0.3) is 0 Å². The Kier molecular flexibility index (Phi) is 4.15. The fourth-order valence-corrected chi connectivity index (χ4v) is 3.01. The van der Waals surface area contributed by atoms with E-state index in [1.807, 2.05) is 55.5 Å². The number of fused-ring (bicyclic) bond motifs is 1. The van der Waals surface area contributed by atoms with Crippen LogP contribution in [0, 0.1) is 6.92 Å². The number of hydrogen-bond acceptors (Lipinski definition) is 2. The summed E-state index contributed by atoms with van der Waals surface area (Å²) >= 11 is 0. The molecule has 0 radical (unpaired) electrons. The number of likely N-dealkylation sites (N-methyl/N-ethyl adjacent to an activating group) is 1. The first-order chi connectivity index (χ1) is 11.1. The SMILES string of the molecule is Cc1ccccc1CNC(=O)[C@@H]1c2ccccc2CC(=O)N1C. The van der Waals surface area contributed by atoms with E-state index in [1.165, 1.54) is 4.90 Å². The van der Waals surface area contributed by atoms with Gasteiger partial charge in [-0.25, -0.2) is 0 Å². The van der Waals surface area contributed by atoms with Crippen molar-refractivity contribution in [3.8, 4) is 0 Å². The van der Waals surface area contributed by atoms with Crippen LogP contribution >= 0.6 is 0 Å². The van der Waals surface area contributed by atoms with Crippen LogP contribution in [-0.2, 0) is 22.6 Å². The van der Waals surface area contributed by atoms with Gasteiger partial charge in [0, 0.05) is 13.6 Å². The first kappa shape index (κ1) is 15.3. The van der Waals surface area contributed by atoms with Gasteiger partial charge in [-0.15, -0.1) is 0 Å². The van der Waals surface area contributed by atoms with Crippen molar-refractivity contribution in [2.45, 2.75) is 25.9 Å². The lowest BCUT2D eigenvalue weighted by Gasteiger charge is -2.33. The summed E-state index contributed by atoms with van der Waals surface area (Å²) in [6.07, 6.45) is 0.355. The number of nitrogens with one attached hydrogen (secondary N) is 1. The van der Waals surface area contributed by atoms with Crippen LogP contribution in [0.1, 0.15) is 28.3 Å². The minimum atomic E-state index is -0.559. The summed E-state index contributed by atoms with van der Waals surface area (Å²) in [7, 11) is 1.69. The highest BCUT2D eigenvalue weighted by atomic mass is 16.2. The van der Waals surface area contributed by atoms with Crippen LogP contribution in [0.2, 0.25) is 0 Å². The maximum atomic E-state index is 12.7. The first-order valence-electron chi connectivity index (χ1n) is 7.73. The lowest BCUT2D eigenvalue weighted by molar-refractivity contribution is -0.140. The molecule has 1 atom stereocenters. The predicted molar refractivity (Wildman–Crippen MR) is 88.7 cm³/mol. The average molecular weight is 308 g/mol. The summed E-state index contributed by atoms with van der Waals surface area (Å²) in [4.78, 5) is 26.4. The number of amides is 2. The van der Waals surface area contributed by atoms with Gasteiger partial charge in [-0.1, -0.05) is 48.5 Å². The summed E-state index contributed by atoms with van der Waals surface area (Å²) in [5.41, 5.74) is 4.07. The lowest BCUT2D eigenvalue weighted by atomic mass is 9.92. The number of rotatable bonds is 3. The van der Waals surface area contributed by atoms with E-state index in [2.05, 4.69) is 5.32 Å². The van der Waals surface area contributed by atoms with Gasteiger partial charge in [0.05, 0.1) is 6.42 Å². The van der Waals surface area contributed by atoms with Gasteiger partial charge in [-0.2, -0.15) is 0 Å². The van der Waals surface area contributed by atoms with E-state index < -0.39 is 6.04 Å². The van der Waals surface area contributed by atoms with Gasteiger partial charge >= 0.3 is 0 Å². The highest BCUT2D eigenvalue weighted by molar-refractivity contribution is 5.92. The third-order valence-corrected chi connectivity index (χ3v) is 4.43. The Hall–Kier alpha value is -2.62. The minimum absolute atomic E-state index is 0.0280. The number of benzene rings is 2. The van der Waals surface area contributed by atoms with Crippen LogP contribution in [-0.4, -0.2) is 23.8 Å². The van der Waals surface area contributed by atoms with Gasteiger partial charge in [0.15, 0.2) is 0 Å². The molecule has 2 aromatic rings. The van der Waals surface area contributed by atoms with Crippen LogP contribution in [0.15, 0.2) is 48.5 Å². The molecule has 0 fully saturated rings. The second kappa shape index (κ2) is 6.24. The van der Waals surface area contributed by atoms with Crippen LogP contribution in [0.25, 0.3) is 0 Å². The zero-order chi connectivity index (χ0) is 16.4. The van der Waals surface area contributed by atoms with Crippen molar-refractivity contribution in [2.24, 2.45) is 0 Å². The molecular weight excluding hydrogens is 288 g/mol. The Morgan fingerprint density at radius 1 is 1.17 bits per heavy atom. The highest BCUT2D eigenvalue weighted by Crippen LogP contribution is 2.29. The summed E-state index contributed by atoms with van der Waals surface area (Å²) < 4.78 is 0. The molecule has 118 valence electrons. The number of carbonyl (C=O) groups is 2. The van der Waals surface area contributed by atoms with Crippen molar-refractivity contribution < 1.29 is 9.59 Å². The first-order valence-corrected chi connectivity index (χ1v) is 7.73. The smallest absolute Gasteiger partial charge is 0.247 e. The van der Waals surface area contributed by atoms with Gasteiger partial charge < -0.3 is 10.2 Å². The second-order valence-corrected chi connectivity index (χ2v) is 5.93. The summed E-state index contributed by atoms with van der Waals surface area (Å²) in [5.74, 6) is -0.170. The highest BCUT2D eigenvalue weighted by Gasteiger charge is 2.34. The zero-order valence-corrected chi connectivity index (χ0v) is 13.4. The van der Waals surface area contributed by atoms with E-state index in [0.29, 0.717) is 13.0 Å². The van der Waals surface area contributed by atoms with Crippen LogP contribution in [0.3, 0.4) is 0 Å². The zero-order valence-electron chi connectivity index (χ0n) is 13.4. The third-order valence-electron chi connectivity index (χ3n) is 4.43. The molecule has 0 unspecified atom stereocenters. The van der Waals surface area contributed by atoms with Gasteiger partial charge in [-0.05, 0) is 29.2 Å². The molecule has 1 aliphatic rings. The topological polar surface area (TPSA) is 49.4 Å². The average Bonchev–Trinajstić information content (AvgIpc) is 2.55. The van der Waals surface area contributed by atoms with Crippen LogP contribution in [0.5, 0.6) is 0 Å². The van der Waals surface area contributed by atoms with E-state index in [9.17, 15) is 9.59 Å². The summed E-state index contributed by atoms with van der Waals surface area (Å²) in [5, 5.41) is 2.97. The monoisotopic (exact) mass is 308 g/mol. The molecule has 0 aromatic heterocycles. The van der Waals surface area contributed by atoms with E-state index >= 15 is 0 Å². The maximum absolute atomic E-state index is 12.7. The number of carbonyl (C=O) groups excluding carboxylic acids is 2. The molecule has 0 saturated carbocycles. The van der Waals surface area contributed by atoms with Crippen molar-refractivity contribution in [1.82, 2.24) is 10.2 Å². The Morgan fingerprint density at radius 3 is 2.65 bits per heavy atom. The molecule has 1 aliphatic heterocycles. The molecule has 1 heterocycles. The van der Waals surface area contributed by atoms with E-state index in [4.69, 9.17) is 0 Å². The predicted octanol–water partition coefficient (Wildman–Crippen LogP) is 2.37. The lowest BCUT2D eigenvalue weighted by Crippen LogP contribution is -2.45. The van der Waals surface area contributed by atoms with Gasteiger partial charge in [0.1, 0.15) is 6.04 Å². The van der Waals surface area contributed by atoms with Crippen molar-refractivity contribution in [3.63, 3.8) is 0 Å². The number of hydrogen-bond donors (Lipinski definition) is 1. The third kappa shape index (κ3) is 2.97. The van der Waals surface area contributed by atoms with Crippen molar-refractivity contribution in [2.75, 3.05) is 7.05 Å². The molecular formula is C19H20N2O2. The Morgan fingerprint density at radius 2 is 1.87 bits per heavy atom. The normalized spacial score (nSPS) is 16.9. The molecule has 0 saturated heterocycles. The van der Waals surface area contributed by atoms with E-state index in [1.54, 1.807) is 7.05 Å².